The number of rotatable bonds is 8. The minimum absolute atomic E-state index is 0.191. The number of hydrogen-bond donors (Lipinski definition) is 2. The molecule has 1 rings (SSSR count). The Morgan fingerprint density at radius 1 is 1.59 bits per heavy atom. The van der Waals surface area contributed by atoms with E-state index in [-0.39, 0.29) is 12.5 Å². The molecule has 5 nitrogen and oxygen atoms in total. The normalized spacial score (nSPS) is 18.2. The van der Waals surface area contributed by atoms with Gasteiger partial charge in [0.2, 0.25) is 5.91 Å². The summed E-state index contributed by atoms with van der Waals surface area (Å²) in [5, 5.41) is 11.6. The van der Waals surface area contributed by atoms with Gasteiger partial charge in [-0.25, -0.2) is 0 Å². The molecule has 5 heteroatoms. The van der Waals surface area contributed by atoms with Crippen molar-refractivity contribution in [3.05, 3.63) is 12.7 Å². The molecule has 0 radical (unpaired) electrons. The van der Waals surface area contributed by atoms with Gasteiger partial charge in [-0.1, -0.05) is 6.08 Å². The van der Waals surface area contributed by atoms with Gasteiger partial charge < -0.3 is 15.2 Å². The third-order valence-corrected chi connectivity index (χ3v) is 2.97. The van der Waals surface area contributed by atoms with Crippen LogP contribution in [-0.4, -0.2) is 36.2 Å². The van der Waals surface area contributed by atoms with Crippen molar-refractivity contribution in [2.75, 3.05) is 13.2 Å². The van der Waals surface area contributed by atoms with Gasteiger partial charge in [0.15, 0.2) is 0 Å². The maximum Gasteiger partial charge on any atom is 0.311 e. The van der Waals surface area contributed by atoms with Crippen LogP contribution in [0, 0.1) is 5.41 Å². The highest BCUT2D eigenvalue weighted by Crippen LogP contribution is 2.45. The van der Waals surface area contributed by atoms with E-state index in [0.717, 1.165) is 0 Å². The molecule has 0 aromatic rings. The SMILES string of the molecule is C=CCCOC(C)C(=O)NCC1(C(=O)O)CC1. The first kappa shape index (κ1) is 13.7. The van der Waals surface area contributed by atoms with Crippen molar-refractivity contribution in [2.45, 2.75) is 32.3 Å². The summed E-state index contributed by atoms with van der Waals surface area (Å²) in [7, 11) is 0. The summed E-state index contributed by atoms with van der Waals surface area (Å²) in [6, 6.07) is 0. The predicted octanol–water partition coefficient (Wildman–Crippen LogP) is 0.949. The quantitative estimate of drug-likeness (QED) is 0.490. The minimum Gasteiger partial charge on any atom is -0.481 e. The number of aliphatic carboxylic acids is 1. The molecule has 96 valence electrons. The molecule has 1 aliphatic rings. The number of carbonyl (C=O) groups is 2. The van der Waals surface area contributed by atoms with Gasteiger partial charge in [-0.05, 0) is 26.2 Å². The molecule has 1 fully saturated rings. The van der Waals surface area contributed by atoms with Crippen LogP contribution in [0.15, 0.2) is 12.7 Å². The van der Waals surface area contributed by atoms with Gasteiger partial charge in [0.1, 0.15) is 6.10 Å². The highest BCUT2D eigenvalue weighted by atomic mass is 16.5. The molecule has 0 bridgehead atoms. The molecular formula is C12H19NO4. The summed E-state index contributed by atoms with van der Waals surface area (Å²) >= 11 is 0. The Labute approximate surface area is 101 Å². The zero-order valence-corrected chi connectivity index (χ0v) is 10.1. The molecule has 0 aromatic carbocycles. The first-order valence-electron chi connectivity index (χ1n) is 5.75. The van der Waals surface area contributed by atoms with Crippen molar-refractivity contribution in [1.29, 1.82) is 0 Å². The Hall–Kier alpha value is -1.36. The molecule has 0 saturated heterocycles. The van der Waals surface area contributed by atoms with Crippen molar-refractivity contribution >= 4 is 11.9 Å². The topological polar surface area (TPSA) is 75.6 Å². The summed E-state index contributed by atoms with van der Waals surface area (Å²) in [6.07, 6.45) is 3.12. The number of carbonyl (C=O) groups excluding carboxylic acids is 1. The van der Waals surface area contributed by atoms with Crippen LogP contribution in [0.3, 0.4) is 0 Å². The van der Waals surface area contributed by atoms with Crippen LogP contribution >= 0.6 is 0 Å². The number of nitrogens with one attached hydrogen (secondary N) is 1. The summed E-state index contributed by atoms with van der Waals surface area (Å²) in [4.78, 5) is 22.5. The Bertz CT molecular complexity index is 310. The van der Waals surface area contributed by atoms with Crippen molar-refractivity contribution < 1.29 is 19.4 Å². The third kappa shape index (κ3) is 3.85. The first-order chi connectivity index (χ1) is 8.02. The molecule has 17 heavy (non-hydrogen) atoms. The van der Waals surface area contributed by atoms with Crippen LogP contribution in [0.4, 0.5) is 0 Å². The lowest BCUT2D eigenvalue weighted by molar-refractivity contribution is -0.143. The fraction of sp³-hybridized carbons (Fsp3) is 0.667. The maximum absolute atomic E-state index is 11.6. The second-order valence-corrected chi connectivity index (χ2v) is 4.39. The van der Waals surface area contributed by atoms with Gasteiger partial charge >= 0.3 is 5.97 Å². The molecule has 0 spiro atoms. The lowest BCUT2D eigenvalue weighted by Crippen LogP contribution is -2.40. The maximum atomic E-state index is 11.6. The Morgan fingerprint density at radius 3 is 2.71 bits per heavy atom. The second kappa shape index (κ2) is 5.82. The molecule has 0 heterocycles. The van der Waals surface area contributed by atoms with E-state index >= 15 is 0 Å². The van der Waals surface area contributed by atoms with Crippen LogP contribution in [0.1, 0.15) is 26.2 Å². The Balaban J connectivity index is 2.25. The van der Waals surface area contributed by atoms with Crippen molar-refractivity contribution in [1.82, 2.24) is 5.32 Å². The van der Waals surface area contributed by atoms with E-state index in [9.17, 15) is 9.59 Å². The van der Waals surface area contributed by atoms with E-state index in [4.69, 9.17) is 9.84 Å². The van der Waals surface area contributed by atoms with Gasteiger partial charge in [-0.3, -0.25) is 9.59 Å². The molecule has 0 aliphatic heterocycles. The van der Waals surface area contributed by atoms with Crippen LogP contribution in [0.5, 0.6) is 0 Å². The van der Waals surface area contributed by atoms with Crippen LogP contribution in [0.2, 0.25) is 0 Å². The van der Waals surface area contributed by atoms with E-state index in [0.29, 0.717) is 25.9 Å². The van der Waals surface area contributed by atoms with E-state index in [1.54, 1.807) is 13.0 Å². The van der Waals surface area contributed by atoms with Crippen LogP contribution in [-0.2, 0) is 14.3 Å². The van der Waals surface area contributed by atoms with Crippen LogP contribution in [0.25, 0.3) is 0 Å². The third-order valence-electron chi connectivity index (χ3n) is 2.97. The fourth-order valence-corrected chi connectivity index (χ4v) is 1.42. The molecule has 1 amide bonds. The zero-order valence-electron chi connectivity index (χ0n) is 10.1. The van der Waals surface area contributed by atoms with Crippen LogP contribution < -0.4 is 5.32 Å². The zero-order chi connectivity index (χ0) is 12.9. The number of ether oxygens (including phenoxy) is 1. The van der Waals surface area contributed by atoms with Crippen molar-refractivity contribution in [3.63, 3.8) is 0 Å². The standard InChI is InChI=1S/C12H19NO4/c1-3-4-7-17-9(2)10(14)13-8-12(5-6-12)11(15)16/h3,9H,1,4-8H2,2H3,(H,13,14)(H,15,16). The van der Waals surface area contributed by atoms with Crippen molar-refractivity contribution in [2.24, 2.45) is 5.41 Å². The first-order valence-corrected chi connectivity index (χ1v) is 5.75. The lowest BCUT2D eigenvalue weighted by Gasteiger charge is -2.15. The van der Waals surface area contributed by atoms with Gasteiger partial charge in [-0.15, -0.1) is 6.58 Å². The molecule has 1 unspecified atom stereocenters. The number of carboxylic acids is 1. The summed E-state index contributed by atoms with van der Waals surface area (Å²) in [5.41, 5.74) is -0.726. The molecular weight excluding hydrogens is 222 g/mol. The number of amides is 1. The van der Waals surface area contributed by atoms with E-state index in [1.165, 1.54) is 0 Å². The highest BCUT2D eigenvalue weighted by Gasteiger charge is 2.50. The van der Waals surface area contributed by atoms with Gasteiger partial charge in [0, 0.05) is 6.54 Å². The van der Waals surface area contributed by atoms with Gasteiger partial charge in [0.05, 0.1) is 12.0 Å². The lowest BCUT2D eigenvalue weighted by atomic mass is 10.1. The van der Waals surface area contributed by atoms with E-state index in [2.05, 4.69) is 11.9 Å². The number of hydrogen-bond acceptors (Lipinski definition) is 3. The predicted molar refractivity (Wildman–Crippen MR) is 62.5 cm³/mol. The molecule has 1 saturated carbocycles. The summed E-state index contributed by atoms with van der Waals surface area (Å²) < 4.78 is 5.26. The minimum atomic E-state index is -0.835. The summed E-state index contributed by atoms with van der Waals surface area (Å²) in [5.74, 6) is -1.10. The van der Waals surface area contributed by atoms with E-state index in [1.807, 2.05) is 0 Å². The number of carboxylic acid groups (broad SMARTS) is 1. The fourth-order valence-electron chi connectivity index (χ4n) is 1.42. The second-order valence-electron chi connectivity index (χ2n) is 4.39. The Morgan fingerprint density at radius 2 is 2.24 bits per heavy atom. The van der Waals surface area contributed by atoms with E-state index < -0.39 is 17.5 Å². The summed E-state index contributed by atoms with van der Waals surface area (Å²) in [6.45, 7) is 5.84. The molecule has 2 N–H and O–H groups in total. The molecule has 1 aliphatic carbocycles. The van der Waals surface area contributed by atoms with Crippen molar-refractivity contribution in [3.8, 4) is 0 Å². The van der Waals surface area contributed by atoms with Gasteiger partial charge in [0.25, 0.3) is 0 Å². The highest BCUT2D eigenvalue weighted by molar-refractivity contribution is 5.83. The average molecular weight is 241 g/mol. The average Bonchev–Trinajstić information content (AvgIpc) is 3.07. The largest absolute Gasteiger partial charge is 0.481 e. The molecule has 0 aromatic heterocycles. The molecule has 1 atom stereocenters. The smallest absolute Gasteiger partial charge is 0.311 e. The van der Waals surface area contributed by atoms with Gasteiger partial charge in [-0.2, -0.15) is 0 Å². The monoisotopic (exact) mass is 241 g/mol. The Kier molecular flexibility index (Phi) is 4.69.